The zero-order valence-electron chi connectivity index (χ0n) is 30.6. The number of rotatable bonds is 32. The Morgan fingerprint density at radius 2 is 1.06 bits per heavy atom. The van der Waals surface area contributed by atoms with Crippen molar-refractivity contribution in [1.29, 1.82) is 0 Å². The topological polar surface area (TPSA) is 139 Å². The third kappa shape index (κ3) is 21.8. The number of aliphatic hydroxyl groups excluding tert-OH is 5. The molecule has 280 valence electrons. The molecule has 0 spiro atoms. The van der Waals surface area contributed by atoms with Crippen LogP contribution in [0.4, 0.5) is 0 Å². The summed E-state index contributed by atoms with van der Waals surface area (Å²) < 4.78 is 5.82. The molecule has 0 aromatic heterocycles. The lowest BCUT2D eigenvalue weighted by atomic mass is 9.81. The van der Waals surface area contributed by atoms with Crippen molar-refractivity contribution >= 4 is 5.91 Å². The van der Waals surface area contributed by atoms with Gasteiger partial charge in [-0.05, 0) is 19.3 Å². The van der Waals surface area contributed by atoms with Crippen LogP contribution in [0, 0.1) is 5.92 Å². The molecule has 1 amide bonds. The molecule has 0 aromatic carbocycles. The minimum Gasteiger partial charge on any atom is -0.396 e. The second-order valence-corrected chi connectivity index (χ2v) is 14.6. The Balaban J connectivity index is 2.01. The number of carbonyl (C=O) groups is 1. The van der Waals surface area contributed by atoms with E-state index in [2.05, 4.69) is 12.2 Å². The normalized spacial score (nSPS) is 22.7. The highest BCUT2D eigenvalue weighted by Crippen LogP contribution is 2.28. The average molecular weight is 672 g/mol. The van der Waals surface area contributed by atoms with Crippen LogP contribution in [0.1, 0.15) is 187 Å². The second-order valence-electron chi connectivity index (χ2n) is 14.6. The molecule has 0 heterocycles. The summed E-state index contributed by atoms with van der Waals surface area (Å²) in [7, 11) is 0. The van der Waals surface area contributed by atoms with Gasteiger partial charge in [-0.1, -0.05) is 162 Å². The standard InChI is InChI=1S/C39H77NO7/c1-3-5-6-7-8-9-10-11-12-13-14-15-16-17-18-19-20-21-22-23-24-25-26-28-36(43)40-33(34(42)27-4-2)31-47-35-29-32(30-41)37(44)39(46)38(35)45/h32-35,37-39,41-42,44-46H,3-31H2,1-2H3,(H,40,43). The Labute approximate surface area is 288 Å². The highest BCUT2D eigenvalue weighted by molar-refractivity contribution is 5.76. The van der Waals surface area contributed by atoms with E-state index in [1.54, 1.807) is 0 Å². The minimum atomic E-state index is -1.42. The summed E-state index contributed by atoms with van der Waals surface area (Å²) in [5.74, 6) is -0.726. The van der Waals surface area contributed by atoms with Crippen LogP contribution < -0.4 is 5.32 Å². The van der Waals surface area contributed by atoms with Gasteiger partial charge in [0.1, 0.15) is 12.2 Å². The average Bonchev–Trinajstić information content (AvgIpc) is 3.06. The van der Waals surface area contributed by atoms with E-state index in [9.17, 15) is 30.3 Å². The van der Waals surface area contributed by atoms with Crippen LogP contribution in [0.25, 0.3) is 0 Å². The molecule has 8 heteroatoms. The first-order valence-corrected chi connectivity index (χ1v) is 20.1. The number of hydrogen-bond donors (Lipinski definition) is 6. The van der Waals surface area contributed by atoms with Gasteiger partial charge < -0.3 is 35.6 Å². The second kappa shape index (κ2) is 30.1. The molecule has 7 atom stereocenters. The molecule has 0 bridgehead atoms. The van der Waals surface area contributed by atoms with Crippen molar-refractivity contribution in [2.24, 2.45) is 5.92 Å². The molecule has 0 aliphatic heterocycles. The van der Waals surface area contributed by atoms with Gasteiger partial charge in [0.05, 0.1) is 31.0 Å². The molecule has 6 N–H and O–H groups in total. The van der Waals surface area contributed by atoms with Gasteiger partial charge >= 0.3 is 0 Å². The zero-order chi connectivity index (χ0) is 34.5. The van der Waals surface area contributed by atoms with Crippen molar-refractivity contribution in [3.63, 3.8) is 0 Å². The number of ether oxygens (including phenoxy) is 1. The number of aliphatic hydroxyl groups is 5. The van der Waals surface area contributed by atoms with Gasteiger partial charge in [0, 0.05) is 18.9 Å². The summed E-state index contributed by atoms with van der Waals surface area (Å²) in [5, 5.41) is 53.5. The van der Waals surface area contributed by atoms with Crippen molar-refractivity contribution < 1.29 is 35.1 Å². The zero-order valence-corrected chi connectivity index (χ0v) is 30.6. The Morgan fingerprint density at radius 3 is 1.47 bits per heavy atom. The Kier molecular flexibility index (Phi) is 28.3. The van der Waals surface area contributed by atoms with Gasteiger partial charge in [0.2, 0.25) is 5.91 Å². The number of hydrogen-bond acceptors (Lipinski definition) is 7. The van der Waals surface area contributed by atoms with E-state index in [1.165, 1.54) is 128 Å². The summed E-state index contributed by atoms with van der Waals surface area (Å²) in [4.78, 5) is 12.7. The number of amides is 1. The predicted molar refractivity (Wildman–Crippen MR) is 192 cm³/mol. The van der Waals surface area contributed by atoms with E-state index in [1.807, 2.05) is 6.92 Å². The molecule has 7 unspecified atom stereocenters. The lowest BCUT2D eigenvalue weighted by molar-refractivity contribution is -0.181. The van der Waals surface area contributed by atoms with Crippen LogP contribution in [0.2, 0.25) is 0 Å². The fourth-order valence-corrected chi connectivity index (χ4v) is 6.95. The van der Waals surface area contributed by atoms with Crippen molar-refractivity contribution in [2.75, 3.05) is 13.2 Å². The summed E-state index contributed by atoms with van der Waals surface area (Å²) in [6.45, 7) is 3.89. The Morgan fingerprint density at radius 1 is 0.638 bits per heavy atom. The Bertz CT molecular complexity index is 709. The van der Waals surface area contributed by atoms with E-state index >= 15 is 0 Å². The van der Waals surface area contributed by atoms with E-state index in [-0.39, 0.29) is 25.5 Å². The lowest BCUT2D eigenvalue weighted by Gasteiger charge is -2.40. The van der Waals surface area contributed by atoms with Crippen LogP contribution in [0.15, 0.2) is 0 Å². The highest BCUT2D eigenvalue weighted by atomic mass is 16.5. The summed E-state index contributed by atoms with van der Waals surface area (Å²) >= 11 is 0. The van der Waals surface area contributed by atoms with E-state index in [4.69, 9.17) is 4.74 Å². The molecule has 1 rings (SSSR count). The molecule has 1 aliphatic rings. The number of carbonyl (C=O) groups excluding carboxylic acids is 1. The summed E-state index contributed by atoms with van der Waals surface area (Å²) in [6, 6.07) is -0.629. The molecular formula is C39H77NO7. The third-order valence-corrected chi connectivity index (χ3v) is 10.2. The molecule has 0 aromatic rings. The fraction of sp³-hybridized carbons (Fsp3) is 0.974. The largest absolute Gasteiger partial charge is 0.396 e. The van der Waals surface area contributed by atoms with Crippen molar-refractivity contribution in [2.45, 2.75) is 224 Å². The van der Waals surface area contributed by atoms with Crippen molar-refractivity contribution in [3.8, 4) is 0 Å². The Hall–Kier alpha value is -0.770. The molecule has 1 fully saturated rings. The highest BCUT2D eigenvalue weighted by Gasteiger charge is 2.43. The molecule has 47 heavy (non-hydrogen) atoms. The van der Waals surface area contributed by atoms with Gasteiger partial charge in [-0.25, -0.2) is 0 Å². The van der Waals surface area contributed by atoms with Gasteiger partial charge in [-0.3, -0.25) is 4.79 Å². The lowest BCUT2D eigenvalue weighted by Crippen LogP contribution is -2.56. The number of unbranched alkanes of at least 4 members (excludes halogenated alkanes) is 22. The SMILES string of the molecule is CCCCCCCCCCCCCCCCCCCCCCCCCC(=O)NC(COC1CC(CO)C(O)C(O)C1O)C(O)CCC. The summed E-state index contributed by atoms with van der Waals surface area (Å²) in [5.41, 5.74) is 0. The monoisotopic (exact) mass is 672 g/mol. The van der Waals surface area contributed by atoms with E-state index < -0.39 is 42.5 Å². The van der Waals surface area contributed by atoms with E-state index in [0.717, 1.165) is 25.7 Å². The van der Waals surface area contributed by atoms with Crippen LogP contribution in [-0.2, 0) is 9.53 Å². The molecule has 1 saturated carbocycles. The molecule has 1 aliphatic carbocycles. The molecule has 8 nitrogen and oxygen atoms in total. The smallest absolute Gasteiger partial charge is 0.220 e. The predicted octanol–water partition coefficient (Wildman–Crippen LogP) is 7.49. The maximum atomic E-state index is 12.7. The first-order valence-electron chi connectivity index (χ1n) is 20.1. The van der Waals surface area contributed by atoms with Crippen molar-refractivity contribution in [1.82, 2.24) is 5.32 Å². The van der Waals surface area contributed by atoms with Crippen molar-refractivity contribution in [3.05, 3.63) is 0 Å². The summed E-state index contributed by atoms with van der Waals surface area (Å²) in [6.07, 6.45) is 27.0. The van der Waals surface area contributed by atoms with Gasteiger partial charge in [0.15, 0.2) is 0 Å². The van der Waals surface area contributed by atoms with Crippen LogP contribution in [-0.4, -0.2) is 81.2 Å². The fourth-order valence-electron chi connectivity index (χ4n) is 6.95. The molecule has 0 saturated heterocycles. The first kappa shape index (κ1) is 44.3. The van der Waals surface area contributed by atoms with Gasteiger partial charge in [-0.2, -0.15) is 0 Å². The first-order chi connectivity index (χ1) is 22.8. The van der Waals surface area contributed by atoms with Crippen LogP contribution in [0.3, 0.4) is 0 Å². The maximum Gasteiger partial charge on any atom is 0.220 e. The third-order valence-electron chi connectivity index (χ3n) is 10.2. The molecule has 0 radical (unpaired) electrons. The van der Waals surface area contributed by atoms with Gasteiger partial charge in [0.25, 0.3) is 0 Å². The minimum absolute atomic E-state index is 0.0189. The number of nitrogens with one attached hydrogen (secondary N) is 1. The maximum absolute atomic E-state index is 12.7. The quantitative estimate of drug-likeness (QED) is 0.0407. The van der Waals surface area contributed by atoms with Crippen LogP contribution in [0.5, 0.6) is 0 Å². The van der Waals surface area contributed by atoms with Gasteiger partial charge in [-0.15, -0.1) is 0 Å². The van der Waals surface area contributed by atoms with E-state index in [0.29, 0.717) is 12.8 Å². The van der Waals surface area contributed by atoms with Crippen LogP contribution >= 0.6 is 0 Å². The molecular weight excluding hydrogens is 594 g/mol.